The zero-order chi connectivity index (χ0) is 18.7. The summed E-state index contributed by atoms with van der Waals surface area (Å²) in [5, 5.41) is 19.7. The van der Waals surface area contributed by atoms with Gasteiger partial charge in [0.05, 0.1) is 6.10 Å². The first kappa shape index (κ1) is 20.1. The zero-order valence-corrected chi connectivity index (χ0v) is 16.4. The van der Waals surface area contributed by atoms with E-state index in [1.807, 2.05) is 6.92 Å². The summed E-state index contributed by atoms with van der Waals surface area (Å²) in [4.78, 5) is 15.1. The van der Waals surface area contributed by atoms with Crippen molar-refractivity contribution in [2.45, 2.75) is 64.4 Å². The van der Waals surface area contributed by atoms with Gasteiger partial charge in [0.2, 0.25) is 5.91 Å². The number of piperidine rings is 1. The molecular formula is C21H38N2O3. The van der Waals surface area contributed by atoms with Crippen molar-refractivity contribution in [2.75, 3.05) is 26.2 Å². The van der Waals surface area contributed by atoms with Gasteiger partial charge in [-0.25, -0.2) is 0 Å². The van der Waals surface area contributed by atoms with Crippen molar-refractivity contribution in [2.24, 2.45) is 41.2 Å². The van der Waals surface area contributed by atoms with E-state index in [-0.39, 0.29) is 30.3 Å². The molecule has 0 bridgehead atoms. The first-order chi connectivity index (χ1) is 12.5. The lowest BCUT2D eigenvalue weighted by atomic mass is 9.71. The largest absolute Gasteiger partial charge is 0.396 e. The molecule has 0 aromatic rings. The van der Waals surface area contributed by atoms with Crippen LogP contribution in [0.5, 0.6) is 0 Å². The van der Waals surface area contributed by atoms with Crippen molar-refractivity contribution >= 4 is 5.91 Å². The van der Waals surface area contributed by atoms with Crippen LogP contribution >= 0.6 is 0 Å². The fraction of sp³-hybridized carbons (Fsp3) is 0.952. The summed E-state index contributed by atoms with van der Waals surface area (Å²) < 4.78 is 0. The molecule has 5 nitrogen and oxygen atoms in total. The molecule has 1 heterocycles. The van der Waals surface area contributed by atoms with Crippen LogP contribution in [0.2, 0.25) is 0 Å². The highest BCUT2D eigenvalue weighted by Crippen LogP contribution is 2.39. The number of carbonyl (C=O) groups is 1. The third-order valence-corrected chi connectivity index (χ3v) is 7.57. The molecule has 2 aliphatic carbocycles. The number of likely N-dealkylation sites (tertiary alicyclic amines) is 1. The summed E-state index contributed by atoms with van der Waals surface area (Å²) in [6.07, 6.45) is 8.38. The molecule has 1 saturated heterocycles. The molecule has 5 heteroatoms. The molecule has 3 aliphatic rings. The number of hydrogen-bond donors (Lipinski definition) is 3. The number of aliphatic hydroxyl groups excluding tert-OH is 2. The SMILES string of the molecule is CC1CC(C(=O)N2CCC(C3CCCC(CN)C3)CC2)CC(CO)C1O. The van der Waals surface area contributed by atoms with E-state index in [1.165, 1.54) is 25.7 Å². The molecule has 4 N–H and O–H groups in total. The van der Waals surface area contributed by atoms with Gasteiger partial charge in [-0.1, -0.05) is 19.8 Å². The van der Waals surface area contributed by atoms with Crippen molar-refractivity contribution in [3.8, 4) is 0 Å². The van der Waals surface area contributed by atoms with Gasteiger partial charge in [0.25, 0.3) is 0 Å². The van der Waals surface area contributed by atoms with Gasteiger partial charge in [-0.05, 0) is 68.7 Å². The highest BCUT2D eigenvalue weighted by molar-refractivity contribution is 5.79. The predicted molar refractivity (Wildman–Crippen MR) is 102 cm³/mol. The van der Waals surface area contributed by atoms with E-state index in [4.69, 9.17) is 5.73 Å². The summed E-state index contributed by atoms with van der Waals surface area (Å²) in [7, 11) is 0. The smallest absolute Gasteiger partial charge is 0.225 e. The number of hydrogen-bond acceptors (Lipinski definition) is 4. The van der Waals surface area contributed by atoms with Crippen LogP contribution in [0.3, 0.4) is 0 Å². The number of nitrogens with two attached hydrogens (primary N) is 1. The highest BCUT2D eigenvalue weighted by Gasteiger charge is 2.39. The summed E-state index contributed by atoms with van der Waals surface area (Å²) in [6.45, 7) is 4.55. The Morgan fingerprint density at radius 3 is 2.46 bits per heavy atom. The van der Waals surface area contributed by atoms with Crippen molar-refractivity contribution < 1.29 is 15.0 Å². The van der Waals surface area contributed by atoms with Gasteiger partial charge < -0.3 is 20.8 Å². The van der Waals surface area contributed by atoms with E-state index < -0.39 is 6.10 Å². The van der Waals surface area contributed by atoms with Crippen molar-refractivity contribution in [1.82, 2.24) is 4.90 Å². The Balaban J connectivity index is 1.50. The number of carbonyl (C=O) groups excluding carboxylic acids is 1. The molecule has 3 fully saturated rings. The number of nitrogens with zero attached hydrogens (tertiary/aromatic N) is 1. The van der Waals surface area contributed by atoms with Crippen LogP contribution in [-0.2, 0) is 4.79 Å². The molecule has 26 heavy (non-hydrogen) atoms. The predicted octanol–water partition coefficient (Wildman–Crippen LogP) is 2.01. The van der Waals surface area contributed by atoms with Gasteiger partial charge in [0.15, 0.2) is 0 Å². The second-order valence-electron chi connectivity index (χ2n) is 9.27. The molecule has 3 rings (SSSR count). The fourth-order valence-corrected chi connectivity index (χ4v) is 5.86. The van der Waals surface area contributed by atoms with Crippen LogP contribution in [-0.4, -0.2) is 53.4 Å². The minimum absolute atomic E-state index is 0.0264. The molecule has 0 aromatic carbocycles. The normalized spacial score (nSPS) is 39.8. The van der Waals surface area contributed by atoms with Crippen LogP contribution in [0.4, 0.5) is 0 Å². The van der Waals surface area contributed by atoms with Crippen LogP contribution in [0.1, 0.15) is 58.3 Å². The van der Waals surface area contributed by atoms with Crippen LogP contribution in [0, 0.1) is 35.5 Å². The minimum Gasteiger partial charge on any atom is -0.396 e. The first-order valence-corrected chi connectivity index (χ1v) is 10.8. The summed E-state index contributed by atoms with van der Waals surface area (Å²) in [5.41, 5.74) is 5.89. The Morgan fingerprint density at radius 2 is 1.81 bits per heavy atom. The maximum Gasteiger partial charge on any atom is 0.225 e. The van der Waals surface area contributed by atoms with Gasteiger partial charge in [-0.3, -0.25) is 4.79 Å². The lowest BCUT2D eigenvalue weighted by molar-refractivity contribution is -0.142. The van der Waals surface area contributed by atoms with Gasteiger partial charge in [-0.2, -0.15) is 0 Å². The molecule has 0 radical (unpaired) electrons. The quantitative estimate of drug-likeness (QED) is 0.710. The third-order valence-electron chi connectivity index (χ3n) is 7.57. The molecule has 0 spiro atoms. The molecular weight excluding hydrogens is 328 g/mol. The van der Waals surface area contributed by atoms with Crippen molar-refractivity contribution in [3.05, 3.63) is 0 Å². The van der Waals surface area contributed by atoms with E-state index in [9.17, 15) is 15.0 Å². The van der Waals surface area contributed by atoms with Gasteiger partial charge >= 0.3 is 0 Å². The highest BCUT2D eigenvalue weighted by atomic mass is 16.3. The van der Waals surface area contributed by atoms with Gasteiger partial charge in [-0.15, -0.1) is 0 Å². The average Bonchev–Trinajstić information content (AvgIpc) is 2.69. The fourth-order valence-electron chi connectivity index (χ4n) is 5.86. The Kier molecular flexibility index (Phi) is 6.98. The standard InChI is InChI=1S/C21H38N2O3/c1-14-9-18(11-19(13-24)20(14)25)21(26)23-7-5-16(6-8-23)17-4-2-3-15(10-17)12-22/h14-20,24-25H,2-13,22H2,1H3. The number of aliphatic hydroxyl groups is 2. The lowest BCUT2D eigenvalue weighted by Gasteiger charge is -2.42. The summed E-state index contributed by atoms with van der Waals surface area (Å²) >= 11 is 0. The molecule has 1 aliphatic heterocycles. The van der Waals surface area contributed by atoms with Crippen molar-refractivity contribution in [1.29, 1.82) is 0 Å². The van der Waals surface area contributed by atoms with E-state index >= 15 is 0 Å². The summed E-state index contributed by atoms with van der Waals surface area (Å²) in [6, 6.07) is 0. The molecule has 150 valence electrons. The van der Waals surface area contributed by atoms with Gasteiger partial charge in [0, 0.05) is 31.5 Å². The maximum atomic E-state index is 13.0. The molecule has 6 atom stereocenters. The maximum absolute atomic E-state index is 13.0. The molecule has 2 saturated carbocycles. The van der Waals surface area contributed by atoms with Crippen LogP contribution in [0.15, 0.2) is 0 Å². The van der Waals surface area contributed by atoms with E-state index in [0.29, 0.717) is 12.3 Å². The third kappa shape index (κ3) is 4.42. The van der Waals surface area contributed by atoms with E-state index in [1.54, 1.807) is 0 Å². The Labute approximate surface area is 158 Å². The van der Waals surface area contributed by atoms with Crippen LogP contribution in [0.25, 0.3) is 0 Å². The molecule has 0 aromatic heterocycles. The second-order valence-corrected chi connectivity index (χ2v) is 9.27. The van der Waals surface area contributed by atoms with Crippen LogP contribution < -0.4 is 5.73 Å². The molecule has 1 amide bonds. The first-order valence-electron chi connectivity index (χ1n) is 10.8. The lowest BCUT2D eigenvalue weighted by Crippen LogP contribution is -2.47. The van der Waals surface area contributed by atoms with Crippen molar-refractivity contribution in [3.63, 3.8) is 0 Å². The Morgan fingerprint density at radius 1 is 1.08 bits per heavy atom. The minimum atomic E-state index is -0.475. The van der Waals surface area contributed by atoms with Gasteiger partial charge in [0.1, 0.15) is 0 Å². The second kappa shape index (κ2) is 9.03. The number of amides is 1. The Hall–Kier alpha value is -0.650. The topological polar surface area (TPSA) is 86.8 Å². The monoisotopic (exact) mass is 366 g/mol. The molecule has 6 unspecified atom stereocenters. The Bertz CT molecular complexity index is 464. The van der Waals surface area contributed by atoms with E-state index in [0.717, 1.165) is 50.7 Å². The zero-order valence-electron chi connectivity index (χ0n) is 16.4. The average molecular weight is 367 g/mol. The van der Waals surface area contributed by atoms with E-state index in [2.05, 4.69) is 4.90 Å². The number of rotatable bonds is 4. The summed E-state index contributed by atoms with van der Waals surface area (Å²) in [5.74, 6) is 2.42.